The van der Waals surface area contributed by atoms with Crippen LogP contribution in [0.4, 0.5) is 0 Å². The van der Waals surface area contributed by atoms with Gasteiger partial charge in [-0.15, -0.1) is 0 Å². The van der Waals surface area contributed by atoms with Crippen molar-refractivity contribution in [3.63, 3.8) is 0 Å². The standard InChI is InChI=1S/C84H146IO27PSSi/c1-18-29-42-87-50-61-65(92-46-33-22-5)67(93-47-34-23-6)75(112-115(26-9,27-10)28-11)80(101-61)103-68-64(102-77-71(94-48-35-24-7)66(60(51-96-77)90-44-31-20-3)108-84-54-89-53-83(84,52-88-43-30-19-2)109-76(110-84)59-40-38-37-39-41-59)57(14)98-78(72(68)95-49-36-25-8)105-73-69(63(100-58(15)86)56(13)99-81(73)111-114(85)113)104-79-74-70(106-82(16,17)107-74)62(55(12)97-79)91-45-32-21-4/h37-41,55-57,60-81,114H,18-36,42-54H2,1-17H3/t55?,56?,57?,60-,61?,62+,63+,64+,65-,66-,67-,68-,69?,70?,71?,72?,73-,74+,75?,76-,77+,78+,79+,80+,81+,83+,84?/m1/s1. The van der Waals surface area contributed by atoms with Crippen LogP contribution in [0.5, 0.6) is 0 Å². The maximum atomic E-state index is 13.7. The van der Waals surface area contributed by atoms with Crippen LogP contribution in [0.15, 0.2) is 30.3 Å². The smallest absolute Gasteiger partial charge is 0.373 e. The van der Waals surface area contributed by atoms with Gasteiger partial charge >= 0.3 is 331 Å². The predicted molar refractivity (Wildman–Crippen MR) is 445 cm³/mol. The van der Waals surface area contributed by atoms with Crippen LogP contribution >= 0.6 is 36.3 Å². The first-order chi connectivity index (χ1) is 55.6. The first-order valence-corrected chi connectivity index (χ1v) is 51.7. The number of carbonyl (C=O) groups excluding carboxylic acids is 1. The van der Waals surface area contributed by atoms with Crippen molar-refractivity contribution in [2.24, 2.45) is 0 Å². The molecule has 31 heteroatoms. The third kappa shape index (κ3) is 26.3. The van der Waals surface area contributed by atoms with E-state index < -0.39 is 193 Å². The van der Waals surface area contributed by atoms with E-state index in [0.717, 1.165) is 114 Å². The van der Waals surface area contributed by atoms with Gasteiger partial charge in [-0.05, 0) is 63.1 Å². The monoisotopic (exact) mass is 1800 g/mol. The fourth-order valence-corrected chi connectivity index (χ4v) is 20.3. The van der Waals surface area contributed by atoms with E-state index in [-0.39, 0.29) is 39.6 Å². The van der Waals surface area contributed by atoms with E-state index >= 15 is 0 Å². The molecule has 11 unspecified atom stereocenters. The SMILES string of the molecule is CCCCOCC1O[C@@H](O[C@H]2C(OCCCC)[C@H](O[C@@H]3C(O[C@@H]4OC(C)[C@H](OCCCC)C5OC(C)(C)O[C@@H]54)[C@@H](OC(C)=O)C(C)O[C@H]3O[SH](#P)I)OC(C)[C@@H]2O[C@@H]2OC[C@@H](OCCCC)[C@@H](OC34COC[C@]3(COCCCC)O[C@@H](c3ccccc3)O4)C2OCCCC)C(O[Si](CC)(CC)CC)[C@H](OCCCC)[C@@H]1OCCCC. The van der Waals surface area contributed by atoms with Crippen molar-refractivity contribution in [1.29, 1.82) is 0 Å². The molecule has 666 valence electrons. The molecule has 1 aromatic rings. The average molecular weight is 1810 g/mol. The number of hydrogen-bond donors (Lipinski definition) is 1. The minimum Gasteiger partial charge on any atom is -0.373 e. The molecule has 8 aliphatic heterocycles. The van der Waals surface area contributed by atoms with Crippen molar-refractivity contribution in [3.8, 4) is 0 Å². The zero-order valence-corrected chi connectivity index (χ0v) is 77.2. The van der Waals surface area contributed by atoms with Gasteiger partial charge in [0.1, 0.15) is 24.9 Å². The van der Waals surface area contributed by atoms with Gasteiger partial charge < -0.3 is 47.4 Å². The summed E-state index contributed by atoms with van der Waals surface area (Å²) in [6, 6.07) is 12.2. The summed E-state index contributed by atoms with van der Waals surface area (Å²) in [5, 5.41) is 0. The van der Waals surface area contributed by atoms with Crippen LogP contribution in [0, 0.1) is 0 Å². The second-order valence-electron chi connectivity index (χ2n) is 32.4. The Hall–Kier alpha value is -0.583. The van der Waals surface area contributed by atoms with Gasteiger partial charge in [0.25, 0.3) is 0 Å². The second-order valence-corrected chi connectivity index (χ2v) is 43.8. The number of thiol groups is 1. The Balaban J connectivity index is 1.22. The van der Waals surface area contributed by atoms with E-state index in [1.54, 1.807) is 6.92 Å². The molecule has 27 nitrogen and oxygen atoms in total. The van der Waals surface area contributed by atoms with Crippen LogP contribution in [0.3, 0.4) is 0 Å². The number of rotatable bonds is 52. The zero-order valence-electron chi connectivity index (χ0n) is 72.2. The minimum absolute atomic E-state index is 0.000722. The number of fused-ring (bicyclic) bond motifs is 2. The van der Waals surface area contributed by atoms with E-state index in [4.69, 9.17) is 130 Å². The van der Waals surface area contributed by atoms with Crippen molar-refractivity contribution >= 4 is 50.6 Å². The molecule has 0 amide bonds. The summed E-state index contributed by atoms with van der Waals surface area (Å²) in [7, 11) is 0.688. The predicted octanol–water partition coefficient (Wildman–Crippen LogP) is 15.6. The molecule has 0 saturated carbocycles. The number of unbranched alkanes of at least 4 members (excludes halogenated alkanes) is 8. The molecule has 0 bridgehead atoms. The number of esters is 1. The number of hydrogen-bond acceptors (Lipinski definition) is 27. The van der Waals surface area contributed by atoms with Crippen LogP contribution in [0.1, 0.15) is 232 Å². The molecule has 28 atom stereocenters. The van der Waals surface area contributed by atoms with Gasteiger partial charge in [0, 0.05) is 45.2 Å². The Morgan fingerprint density at radius 2 is 0.983 bits per heavy atom. The first kappa shape index (κ1) is 98.2. The van der Waals surface area contributed by atoms with Gasteiger partial charge in [-0.1, -0.05) is 145 Å². The Morgan fingerprint density at radius 1 is 0.496 bits per heavy atom. The molecular weight excluding hydrogens is 1660 g/mol. The number of carbonyl (C=O) groups is 1. The van der Waals surface area contributed by atoms with Gasteiger partial charge in [0.15, 0.2) is 20.2 Å². The van der Waals surface area contributed by atoms with Crippen molar-refractivity contribution in [2.45, 2.75) is 409 Å². The van der Waals surface area contributed by atoms with E-state index in [9.17, 15) is 4.79 Å². The van der Waals surface area contributed by atoms with E-state index in [2.05, 4.69) is 97.4 Å². The third-order valence-electron chi connectivity index (χ3n) is 23.1. The van der Waals surface area contributed by atoms with Gasteiger partial charge in [-0.2, -0.15) is 0 Å². The van der Waals surface area contributed by atoms with Crippen molar-refractivity contribution in [2.75, 3.05) is 85.9 Å². The van der Waals surface area contributed by atoms with E-state index in [0.29, 0.717) is 59.1 Å². The van der Waals surface area contributed by atoms with Crippen molar-refractivity contribution in [3.05, 3.63) is 35.9 Å². The summed E-state index contributed by atoms with van der Waals surface area (Å²) >= 11 is 2.13. The molecular formula is C84H146IO27PSSi. The Labute approximate surface area is 704 Å². The summed E-state index contributed by atoms with van der Waals surface area (Å²) in [4.78, 5) is 13.7. The Bertz CT molecular complexity index is 2960. The molecule has 0 aliphatic carbocycles. The van der Waals surface area contributed by atoms with Crippen molar-refractivity contribution < 1.29 is 127 Å². The summed E-state index contributed by atoms with van der Waals surface area (Å²) in [6.07, 6.45) is -11.1. The zero-order chi connectivity index (χ0) is 82.7. The van der Waals surface area contributed by atoms with Crippen molar-refractivity contribution in [1.82, 2.24) is 0 Å². The third-order valence-corrected chi connectivity index (χ3v) is 29.1. The summed E-state index contributed by atoms with van der Waals surface area (Å²) < 4.78 is 186. The number of benzene rings is 1. The summed E-state index contributed by atoms with van der Waals surface area (Å²) in [6.45, 7) is 38.0. The molecule has 115 heavy (non-hydrogen) atoms. The molecule has 0 aromatic heterocycles. The number of halogens is 1. The van der Waals surface area contributed by atoms with Crippen LogP contribution in [0.25, 0.3) is 0 Å². The van der Waals surface area contributed by atoms with Gasteiger partial charge in [0.05, 0.1) is 26.4 Å². The fraction of sp³-hybridized carbons (Fsp3) is 0.917. The minimum atomic E-state index is -2.66. The quantitative estimate of drug-likeness (QED) is 0.0159. The second kappa shape index (κ2) is 49.4. The molecule has 8 fully saturated rings. The molecule has 0 spiro atoms. The average Bonchev–Trinajstić information content (AvgIpc) is 1.55. The molecule has 8 heterocycles. The maximum absolute atomic E-state index is 13.7. The molecule has 9 rings (SSSR count). The van der Waals surface area contributed by atoms with Crippen LogP contribution in [0.2, 0.25) is 18.1 Å². The summed E-state index contributed by atoms with van der Waals surface area (Å²) in [5.41, 5.74) is -0.434. The summed E-state index contributed by atoms with van der Waals surface area (Å²) in [5.74, 6) is -3.22. The van der Waals surface area contributed by atoms with Gasteiger partial charge in [-0.25, -0.2) is 0 Å². The van der Waals surface area contributed by atoms with E-state index in [1.165, 1.54) is 6.92 Å². The van der Waals surface area contributed by atoms with Crippen LogP contribution < -0.4 is 0 Å². The van der Waals surface area contributed by atoms with Crippen LogP contribution in [-0.4, -0.2) is 265 Å². The molecule has 0 N–H and O–H groups in total. The van der Waals surface area contributed by atoms with E-state index in [1.807, 2.05) is 58.0 Å². The number of ether oxygens (including phenoxy) is 24. The molecule has 8 aliphatic rings. The normalized spacial score (nSPS) is 37.1. The van der Waals surface area contributed by atoms with Crippen LogP contribution in [-0.2, 0) is 127 Å². The molecule has 1 aromatic carbocycles. The fourth-order valence-electron chi connectivity index (χ4n) is 16.2. The Morgan fingerprint density at radius 3 is 1.58 bits per heavy atom. The molecule has 8 saturated heterocycles. The van der Waals surface area contributed by atoms with Gasteiger partial charge in [0.2, 0.25) is 5.79 Å². The Kier molecular flexibility index (Phi) is 42.1. The topological polar surface area (TPSA) is 257 Å². The van der Waals surface area contributed by atoms with Gasteiger partial charge in [-0.3, -0.25) is 0 Å². The first-order valence-electron chi connectivity index (χ1n) is 44.0. The molecule has 0 radical (unpaired) electrons.